The van der Waals surface area contributed by atoms with Crippen molar-refractivity contribution in [1.82, 2.24) is 4.98 Å². The van der Waals surface area contributed by atoms with Crippen molar-refractivity contribution in [1.29, 1.82) is 0 Å². The molecule has 0 aliphatic carbocycles. The Kier molecular flexibility index (Phi) is 3.97. The molecule has 0 aromatic carbocycles. The van der Waals surface area contributed by atoms with E-state index in [0.717, 1.165) is 6.20 Å². The average Bonchev–Trinajstić information content (AvgIpc) is 2.25. The van der Waals surface area contributed by atoms with Gasteiger partial charge >= 0.3 is 11.7 Å². The zero-order valence-corrected chi connectivity index (χ0v) is 9.53. The molecule has 1 N–H and O–H groups in total. The van der Waals surface area contributed by atoms with Gasteiger partial charge < -0.3 is 10.0 Å². The Morgan fingerprint density at radius 1 is 1.65 bits per heavy atom. The lowest BCUT2D eigenvalue weighted by atomic mass is 10.2. The van der Waals surface area contributed by atoms with Crippen LogP contribution in [0.1, 0.15) is 13.8 Å². The predicted octanol–water partition coefficient (Wildman–Crippen LogP) is 1.29. The van der Waals surface area contributed by atoms with Crippen molar-refractivity contribution in [3.63, 3.8) is 0 Å². The van der Waals surface area contributed by atoms with Gasteiger partial charge in [0.25, 0.3) is 0 Å². The van der Waals surface area contributed by atoms with Gasteiger partial charge in [0.15, 0.2) is 0 Å². The first-order chi connectivity index (χ1) is 7.93. The van der Waals surface area contributed by atoms with Crippen molar-refractivity contribution < 1.29 is 14.8 Å². The van der Waals surface area contributed by atoms with Gasteiger partial charge in [-0.15, -0.1) is 0 Å². The van der Waals surface area contributed by atoms with Gasteiger partial charge in [0.2, 0.25) is 0 Å². The molecule has 1 aromatic rings. The molecule has 7 heteroatoms. The SMILES string of the molecule is CC(C)N(CC(=O)O)c1ccncc1[N+](=O)[O-]. The van der Waals surface area contributed by atoms with Crippen LogP contribution in [0, 0.1) is 10.1 Å². The van der Waals surface area contributed by atoms with E-state index in [-0.39, 0.29) is 24.0 Å². The quantitative estimate of drug-likeness (QED) is 0.614. The van der Waals surface area contributed by atoms with E-state index in [1.807, 2.05) is 0 Å². The van der Waals surface area contributed by atoms with Crippen LogP contribution in [0.4, 0.5) is 11.4 Å². The fourth-order valence-electron chi connectivity index (χ4n) is 1.45. The van der Waals surface area contributed by atoms with E-state index in [4.69, 9.17) is 5.11 Å². The highest BCUT2D eigenvalue weighted by molar-refractivity contribution is 5.76. The van der Waals surface area contributed by atoms with Gasteiger partial charge in [-0.05, 0) is 19.9 Å². The molecule has 0 aliphatic heterocycles. The minimum Gasteiger partial charge on any atom is -0.480 e. The molecule has 0 saturated heterocycles. The Hall–Kier alpha value is -2.18. The molecule has 0 radical (unpaired) electrons. The summed E-state index contributed by atoms with van der Waals surface area (Å²) in [7, 11) is 0. The number of rotatable bonds is 5. The van der Waals surface area contributed by atoms with Crippen LogP contribution >= 0.6 is 0 Å². The van der Waals surface area contributed by atoms with Gasteiger partial charge in [0, 0.05) is 12.2 Å². The number of aromatic nitrogens is 1. The molecule has 0 aliphatic rings. The first-order valence-corrected chi connectivity index (χ1v) is 5.00. The van der Waals surface area contributed by atoms with Gasteiger partial charge in [-0.2, -0.15) is 0 Å². The van der Waals surface area contributed by atoms with E-state index in [0.29, 0.717) is 0 Å². The van der Waals surface area contributed by atoms with E-state index in [9.17, 15) is 14.9 Å². The summed E-state index contributed by atoms with van der Waals surface area (Å²) in [5.41, 5.74) is 0.0739. The van der Waals surface area contributed by atoms with Crippen molar-refractivity contribution in [2.75, 3.05) is 11.4 Å². The maximum absolute atomic E-state index is 10.8. The summed E-state index contributed by atoms with van der Waals surface area (Å²) in [5, 5.41) is 19.6. The molecule has 0 bridgehead atoms. The maximum Gasteiger partial charge on any atom is 0.323 e. The predicted molar refractivity (Wildman–Crippen MR) is 61.0 cm³/mol. The third-order valence-corrected chi connectivity index (χ3v) is 2.21. The number of anilines is 1. The summed E-state index contributed by atoms with van der Waals surface area (Å²) in [4.78, 5) is 26.1. The second kappa shape index (κ2) is 5.24. The van der Waals surface area contributed by atoms with Gasteiger partial charge in [-0.1, -0.05) is 0 Å². The zero-order chi connectivity index (χ0) is 13.0. The van der Waals surface area contributed by atoms with Gasteiger partial charge in [-0.3, -0.25) is 19.9 Å². The molecule has 1 rings (SSSR count). The summed E-state index contributed by atoms with van der Waals surface area (Å²) >= 11 is 0. The number of nitro groups is 1. The molecular weight excluding hydrogens is 226 g/mol. The normalized spacial score (nSPS) is 10.3. The molecule has 1 aromatic heterocycles. The van der Waals surface area contributed by atoms with Crippen LogP contribution in [-0.2, 0) is 4.79 Å². The molecule has 0 atom stereocenters. The second-order valence-electron chi connectivity index (χ2n) is 3.74. The van der Waals surface area contributed by atoms with E-state index in [1.54, 1.807) is 13.8 Å². The van der Waals surface area contributed by atoms with E-state index >= 15 is 0 Å². The van der Waals surface area contributed by atoms with Crippen molar-refractivity contribution >= 4 is 17.3 Å². The van der Waals surface area contributed by atoms with Crippen LogP contribution in [-0.4, -0.2) is 33.6 Å². The number of aliphatic carboxylic acids is 1. The number of hydrogen-bond donors (Lipinski definition) is 1. The third-order valence-electron chi connectivity index (χ3n) is 2.21. The molecule has 17 heavy (non-hydrogen) atoms. The van der Waals surface area contributed by atoms with Crippen molar-refractivity contribution in [3.05, 3.63) is 28.6 Å². The Morgan fingerprint density at radius 3 is 2.76 bits per heavy atom. The molecule has 0 amide bonds. The fourth-order valence-corrected chi connectivity index (χ4v) is 1.45. The lowest BCUT2D eigenvalue weighted by Gasteiger charge is -2.26. The van der Waals surface area contributed by atoms with Crippen molar-refractivity contribution in [2.24, 2.45) is 0 Å². The Balaban J connectivity index is 3.18. The topological polar surface area (TPSA) is 96.6 Å². The zero-order valence-electron chi connectivity index (χ0n) is 9.53. The summed E-state index contributed by atoms with van der Waals surface area (Å²) in [6, 6.07) is 1.29. The van der Waals surface area contributed by atoms with Crippen LogP contribution < -0.4 is 4.90 Å². The molecule has 1 heterocycles. The number of hydrogen-bond acceptors (Lipinski definition) is 5. The minimum absolute atomic E-state index is 0.160. The molecule has 0 saturated carbocycles. The third kappa shape index (κ3) is 3.13. The molecule has 92 valence electrons. The van der Waals surface area contributed by atoms with Crippen LogP contribution in [0.15, 0.2) is 18.5 Å². The Labute approximate surface area is 97.8 Å². The first kappa shape index (κ1) is 12.9. The highest BCUT2D eigenvalue weighted by Gasteiger charge is 2.23. The molecule has 0 fully saturated rings. The van der Waals surface area contributed by atoms with Crippen molar-refractivity contribution in [2.45, 2.75) is 19.9 Å². The summed E-state index contributed by atoms with van der Waals surface area (Å²) in [5.74, 6) is -1.04. The number of nitrogens with zero attached hydrogens (tertiary/aromatic N) is 3. The summed E-state index contributed by atoms with van der Waals surface area (Å²) in [6.45, 7) is 3.25. The van der Waals surface area contributed by atoms with Gasteiger partial charge in [0.05, 0.1) is 4.92 Å². The molecule has 0 unspecified atom stereocenters. The molecule has 0 spiro atoms. The van der Waals surface area contributed by atoms with Crippen LogP contribution in [0.3, 0.4) is 0 Å². The smallest absolute Gasteiger partial charge is 0.323 e. The van der Waals surface area contributed by atoms with E-state index in [1.165, 1.54) is 17.2 Å². The highest BCUT2D eigenvalue weighted by Crippen LogP contribution is 2.27. The number of carbonyl (C=O) groups is 1. The van der Waals surface area contributed by atoms with Crippen molar-refractivity contribution in [3.8, 4) is 0 Å². The Bertz CT molecular complexity index is 433. The summed E-state index contributed by atoms with van der Waals surface area (Å²) in [6.07, 6.45) is 2.52. The van der Waals surface area contributed by atoms with Gasteiger partial charge in [0.1, 0.15) is 18.4 Å². The fraction of sp³-hybridized carbons (Fsp3) is 0.400. The van der Waals surface area contributed by atoms with Crippen LogP contribution in [0.2, 0.25) is 0 Å². The largest absolute Gasteiger partial charge is 0.480 e. The Morgan fingerprint density at radius 2 is 2.29 bits per heavy atom. The van der Waals surface area contributed by atoms with Gasteiger partial charge in [-0.25, -0.2) is 0 Å². The monoisotopic (exact) mass is 239 g/mol. The van der Waals surface area contributed by atoms with E-state index < -0.39 is 10.9 Å². The maximum atomic E-state index is 10.8. The number of carboxylic acid groups (broad SMARTS) is 1. The number of pyridine rings is 1. The van der Waals surface area contributed by atoms with E-state index in [2.05, 4.69) is 4.98 Å². The van der Waals surface area contributed by atoms with Crippen LogP contribution in [0.25, 0.3) is 0 Å². The molecular formula is C10H13N3O4. The second-order valence-corrected chi connectivity index (χ2v) is 3.74. The number of carboxylic acids is 1. The highest BCUT2D eigenvalue weighted by atomic mass is 16.6. The summed E-state index contributed by atoms with van der Waals surface area (Å²) < 4.78 is 0. The standard InChI is InChI=1S/C10H13N3O4/c1-7(2)12(6-10(14)15)8-3-4-11-5-9(8)13(16)17/h3-5,7H,6H2,1-2H3,(H,14,15). The van der Waals surface area contributed by atoms with Crippen LogP contribution in [0.5, 0.6) is 0 Å². The lowest BCUT2D eigenvalue weighted by molar-refractivity contribution is -0.384. The molecule has 7 nitrogen and oxygen atoms in total. The average molecular weight is 239 g/mol. The first-order valence-electron chi connectivity index (χ1n) is 5.00. The minimum atomic E-state index is -1.04. The lowest BCUT2D eigenvalue weighted by Crippen LogP contribution is -2.36.